The van der Waals surface area contributed by atoms with Crippen LogP contribution in [-0.4, -0.2) is 16.1 Å². The third-order valence-corrected chi connectivity index (χ3v) is 3.16. The molecule has 16 heavy (non-hydrogen) atoms. The van der Waals surface area contributed by atoms with Crippen LogP contribution in [0.1, 0.15) is 5.89 Å². The second-order valence-electron chi connectivity index (χ2n) is 3.28. The van der Waals surface area contributed by atoms with Crippen molar-refractivity contribution in [3.05, 3.63) is 24.1 Å². The fourth-order valence-corrected chi connectivity index (χ4v) is 2.23. The number of nitrogens with zero attached hydrogens (tertiary/aromatic N) is 2. The Hall–Kier alpha value is -1.53. The molecule has 6 heteroatoms. The molecule has 2 aromatic rings. The zero-order chi connectivity index (χ0) is 11.0. The van der Waals surface area contributed by atoms with Crippen molar-refractivity contribution in [3.8, 4) is 17.1 Å². The van der Waals surface area contributed by atoms with Gasteiger partial charge in [0.2, 0.25) is 11.7 Å². The van der Waals surface area contributed by atoms with E-state index in [1.165, 1.54) is 0 Å². The molecule has 1 aromatic carbocycles. The maximum absolute atomic E-state index is 5.45. The van der Waals surface area contributed by atoms with Crippen LogP contribution in [0.25, 0.3) is 11.4 Å². The molecule has 3 rings (SSSR count). The Kier molecular flexibility index (Phi) is 2.30. The SMILES string of the molecule is NCc1nc(-c2ccc3c(c2)OCS3)no1. The molecule has 0 radical (unpaired) electrons. The van der Waals surface area contributed by atoms with E-state index < -0.39 is 0 Å². The van der Waals surface area contributed by atoms with Gasteiger partial charge in [-0.15, -0.1) is 0 Å². The predicted molar refractivity (Wildman–Crippen MR) is 59.0 cm³/mol. The first-order valence-corrected chi connectivity index (χ1v) is 5.78. The van der Waals surface area contributed by atoms with Gasteiger partial charge in [0.15, 0.2) is 0 Å². The summed E-state index contributed by atoms with van der Waals surface area (Å²) in [5.74, 6) is 2.52. The van der Waals surface area contributed by atoms with Crippen molar-refractivity contribution in [2.45, 2.75) is 11.4 Å². The maximum atomic E-state index is 5.45. The molecule has 1 aliphatic rings. The predicted octanol–water partition coefficient (Wildman–Crippen LogP) is 1.64. The summed E-state index contributed by atoms with van der Waals surface area (Å²) in [5, 5.41) is 3.85. The van der Waals surface area contributed by atoms with Gasteiger partial charge in [-0.3, -0.25) is 0 Å². The lowest BCUT2D eigenvalue weighted by atomic mass is 10.2. The largest absolute Gasteiger partial charge is 0.481 e. The summed E-state index contributed by atoms with van der Waals surface area (Å²) >= 11 is 1.68. The minimum Gasteiger partial charge on any atom is -0.481 e. The van der Waals surface area contributed by atoms with Crippen molar-refractivity contribution in [2.24, 2.45) is 5.73 Å². The zero-order valence-electron chi connectivity index (χ0n) is 8.34. The van der Waals surface area contributed by atoms with Crippen LogP contribution in [0.3, 0.4) is 0 Å². The molecule has 0 aliphatic carbocycles. The highest BCUT2D eigenvalue weighted by atomic mass is 32.2. The van der Waals surface area contributed by atoms with Crippen molar-refractivity contribution in [2.75, 3.05) is 5.94 Å². The lowest BCUT2D eigenvalue weighted by Crippen LogP contribution is -1.95. The standard InChI is InChI=1S/C10H9N3O2S/c11-4-9-12-10(13-15-9)6-1-2-8-7(3-6)14-5-16-8/h1-3H,4-5,11H2. The molecule has 2 heterocycles. The molecule has 2 N–H and O–H groups in total. The fraction of sp³-hybridized carbons (Fsp3) is 0.200. The topological polar surface area (TPSA) is 74.2 Å². The van der Waals surface area contributed by atoms with Gasteiger partial charge in [-0.25, -0.2) is 0 Å². The van der Waals surface area contributed by atoms with Crippen molar-refractivity contribution in [1.82, 2.24) is 10.1 Å². The first-order valence-electron chi connectivity index (χ1n) is 4.79. The van der Waals surface area contributed by atoms with E-state index in [1.54, 1.807) is 11.8 Å². The van der Waals surface area contributed by atoms with Crippen molar-refractivity contribution in [1.29, 1.82) is 0 Å². The van der Waals surface area contributed by atoms with E-state index in [0.29, 0.717) is 17.7 Å². The normalized spacial score (nSPS) is 13.6. The number of nitrogens with two attached hydrogens (primary N) is 1. The molecule has 0 atom stereocenters. The van der Waals surface area contributed by atoms with E-state index in [1.807, 2.05) is 18.2 Å². The number of ether oxygens (including phenoxy) is 1. The van der Waals surface area contributed by atoms with Crippen LogP contribution < -0.4 is 10.5 Å². The third-order valence-electron chi connectivity index (χ3n) is 2.27. The minimum atomic E-state index is 0.254. The summed E-state index contributed by atoms with van der Waals surface area (Å²) in [5.41, 5.74) is 6.29. The van der Waals surface area contributed by atoms with Crippen LogP contribution in [0.15, 0.2) is 27.6 Å². The summed E-state index contributed by atoms with van der Waals surface area (Å²) in [4.78, 5) is 5.30. The molecule has 0 amide bonds. The van der Waals surface area contributed by atoms with Gasteiger partial charge in [-0.1, -0.05) is 16.9 Å². The number of thioether (sulfide) groups is 1. The molecule has 0 bridgehead atoms. The van der Waals surface area contributed by atoms with E-state index in [2.05, 4.69) is 10.1 Å². The number of hydrogen-bond donors (Lipinski definition) is 1. The highest BCUT2D eigenvalue weighted by molar-refractivity contribution is 7.99. The van der Waals surface area contributed by atoms with E-state index >= 15 is 0 Å². The van der Waals surface area contributed by atoms with E-state index in [9.17, 15) is 0 Å². The van der Waals surface area contributed by atoms with Gasteiger partial charge in [0, 0.05) is 5.56 Å². The fourth-order valence-electron chi connectivity index (χ4n) is 1.49. The van der Waals surface area contributed by atoms with Crippen LogP contribution >= 0.6 is 11.8 Å². The van der Waals surface area contributed by atoms with Gasteiger partial charge in [-0.2, -0.15) is 4.98 Å². The van der Waals surface area contributed by atoms with Crippen molar-refractivity contribution < 1.29 is 9.26 Å². The van der Waals surface area contributed by atoms with Gasteiger partial charge >= 0.3 is 0 Å². The lowest BCUT2D eigenvalue weighted by Gasteiger charge is -1.98. The summed E-state index contributed by atoms with van der Waals surface area (Å²) < 4.78 is 10.4. The molecular weight excluding hydrogens is 226 g/mol. The zero-order valence-corrected chi connectivity index (χ0v) is 9.16. The van der Waals surface area contributed by atoms with Gasteiger partial charge < -0.3 is 15.0 Å². The molecule has 0 spiro atoms. The molecule has 0 saturated heterocycles. The van der Waals surface area contributed by atoms with E-state index in [-0.39, 0.29) is 6.54 Å². The molecule has 1 aliphatic heterocycles. The van der Waals surface area contributed by atoms with Gasteiger partial charge in [0.25, 0.3) is 0 Å². The van der Waals surface area contributed by atoms with Crippen molar-refractivity contribution >= 4 is 11.8 Å². The Bertz CT molecular complexity index is 527. The van der Waals surface area contributed by atoms with Gasteiger partial charge in [0.05, 0.1) is 11.4 Å². The Morgan fingerprint density at radius 3 is 3.19 bits per heavy atom. The molecule has 5 nitrogen and oxygen atoms in total. The average molecular weight is 235 g/mol. The highest BCUT2D eigenvalue weighted by Crippen LogP contribution is 2.38. The quantitative estimate of drug-likeness (QED) is 0.852. The number of benzene rings is 1. The molecule has 82 valence electrons. The lowest BCUT2D eigenvalue weighted by molar-refractivity contribution is 0.380. The summed E-state index contributed by atoms with van der Waals surface area (Å²) in [6, 6.07) is 5.87. The Morgan fingerprint density at radius 1 is 1.44 bits per heavy atom. The number of fused-ring (bicyclic) bond motifs is 1. The Labute approximate surface area is 96.0 Å². The molecule has 0 saturated carbocycles. The third kappa shape index (κ3) is 1.56. The van der Waals surface area contributed by atoms with Crippen molar-refractivity contribution in [3.63, 3.8) is 0 Å². The molecular formula is C10H9N3O2S. The van der Waals surface area contributed by atoms with Gasteiger partial charge in [-0.05, 0) is 18.2 Å². The summed E-state index contributed by atoms with van der Waals surface area (Å²) in [6.07, 6.45) is 0. The van der Waals surface area contributed by atoms with Crippen LogP contribution in [0.2, 0.25) is 0 Å². The van der Waals surface area contributed by atoms with Crippen LogP contribution in [0, 0.1) is 0 Å². The minimum absolute atomic E-state index is 0.254. The van der Waals surface area contributed by atoms with E-state index in [0.717, 1.165) is 16.2 Å². The maximum Gasteiger partial charge on any atom is 0.240 e. The first kappa shape index (κ1) is 9.68. The number of aromatic nitrogens is 2. The molecule has 0 unspecified atom stereocenters. The van der Waals surface area contributed by atoms with Crippen LogP contribution in [0.5, 0.6) is 5.75 Å². The van der Waals surface area contributed by atoms with E-state index in [4.69, 9.17) is 15.0 Å². The highest BCUT2D eigenvalue weighted by Gasteiger charge is 2.15. The first-order chi connectivity index (χ1) is 7.86. The van der Waals surface area contributed by atoms with Crippen LogP contribution in [-0.2, 0) is 6.54 Å². The average Bonchev–Trinajstić information content (AvgIpc) is 2.96. The second-order valence-corrected chi connectivity index (χ2v) is 4.25. The van der Waals surface area contributed by atoms with Crippen LogP contribution in [0.4, 0.5) is 0 Å². The Morgan fingerprint density at radius 2 is 2.38 bits per heavy atom. The molecule has 0 fully saturated rings. The van der Waals surface area contributed by atoms with Gasteiger partial charge in [0.1, 0.15) is 11.7 Å². The summed E-state index contributed by atoms with van der Waals surface area (Å²) in [6.45, 7) is 0.254. The number of hydrogen-bond acceptors (Lipinski definition) is 6. The number of rotatable bonds is 2. The molecule has 1 aromatic heterocycles. The second kappa shape index (κ2) is 3.80. The smallest absolute Gasteiger partial charge is 0.240 e. The monoisotopic (exact) mass is 235 g/mol. The summed E-state index contributed by atoms with van der Waals surface area (Å²) in [7, 11) is 0. The Balaban J connectivity index is 2.00.